The van der Waals surface area contributed by atoms with Crippen molar-refractivity contribution in [1.82, 2.24) is 9.78 Å². The summed E-state index contributed by atoms with van der Waals surface area (Å²) in [4.78, 5) is 13.6. The zero-order valence-corrected chi connectivity index (χ0v) is 8.82. The highest BCUT2D eigenvalue weighted by molar-refractivity contribution is 5.74. The minimum absolute atomic E-state index is 0.0755. The predicted molar refractivity (Wildman–Crippen MR) is 56.3 cm³/mol. The minimum Gasteiger partial charge on any atom is -0.265 e. The molecule has 0 unspecified atom stereocenters. The summed E-state index contributed by atoms with van der Waals surface area (Å²) in [7, 11) is 1.50. The van der Waals surface area contributed by atoms with Crippen molar-refractivity contribution in [3.63, 3.8) is 0 Å². The lowest BCUT2D eigenvalue weighted by Gasteiger charge is -2.05. The molecule has 17 heavy (non-hydrogen) atoms. The summed E-state index contributed by atoms with van der Waals surface area (Å²) >= 11 is 0. The number of isocyanates is 1. The number of nitrogens with zero attached hydrogens (tertiary/aromatic N) is 3. The first-order chi connectivity index (χ1) is 8.15. The Morgan fingerprint density at radius 2 is 2.00 bits per heavy atom. The topological polar surface area (TPSA) is 47.2 Å². The first kappa shape index (κ1) is 11.2. The number of aliphatic imine (C=N–C) groups is 1. The molecule has 1 aromatic heterocycles. The molecule has 4 nitrogen and oxygen atoms in total. The Kier molecular flexibility index (Phi) is 2.80. The van der Waals surface area contributed by atoms with Crippen LogP contribution in [0.2, 0.25) is 0 Å². The molecule has 0 saturated carbocycles. The predicted octanol–water partition coefficient (Wildman–Crippen LogP) is 2.33. The van der Waals surface area contributed by atoms with Gasteiger partial charge in [-0.3, -0.25) is 4.68 Å². The molecule has 1 aromatic carbocycles. The largest absolute Gasteiger partial charge is 0.265 e. The van der Waals surface area contributed by atoms with Crippen molar-refractivity contribution in [2.24, 2.45) is 12.0 Å². The van der Waals surface area contributed by atoms with E-state index in [1.165, 1.54) is 30.1 Å². The normalized spacial score (nSPS) is 10.1. The Bertz CT molecular complexity index is 595. The highest BCUT2D eigenvalue weighted by Gasteiger charge is 2.18. The van der Waals surface area contributed by atoms with Crippen LogP contribution in [0.5, 0.6) is 0 Å². The lowest BCUT2D eigenvalue weighted by atomic mass is 10.1. The number of carbonyl (C=O) groups excluding carboxylic acids is 1. The molecule has 2 rings (SSSR count). The summed E-state index contributed by atoms with van der Waals surface area (Å²) in [6.07, 6.45) is 2.57. The van der Waals surface area contributed by atoms with E-state index in [9.17, 15) is 13.6 Å². The molecule has 6 heteroatoms. The molecule has 0 spiro atoms. The van der Waals surface area contributed by atoms with E-state index in [2.05, 4.69) is 10.1 Å². The van der Waals surface area contributed by atoms with Gasteiger partial charge in [-0.2, -0.15) is 10.1 Å². The third kappa shape index (κ3) is 1.86. The van der Waals surface area contributed by atoms with Crippen LogP contribution in [0.4, 0.5) is 14.5 Å². The van der Waals surface area contributed by atoms with Gasteiger partial charge in [-0.25, -0.2) is 13.6 Å². The highest BCUT2D eigenvalue weighted by atomic mass is 19.1. The third-order valence-corrected chi connectivity index (χ3v) is 2.29. The first-order valence-corrected chi connectivity index (χ1v) is 4.69. The number of hydrogen-bond acceptors (Lipinski definition) is 3. The van der Waals surface area contributed by atoms with Gasteiger partial charge in [0, 0.05) is 7.05 Å². The molecule has 0 saturated heterocycles. The van der Waals surface area contributed by atoms with Crippen LogP contribution in [-0.4, -0.2) is 15.9 Å². The highest BCUT2D eigenvalue weighted by Crippen LogP contribution is 2.32. The fraction of sp³-hybridized carbons (Fsp3) is 0.0909. The summed E-state index contributed by atoms with van der Waals surface area (Å²) in [5, 5.41) is 3.80. The van der Waals surface area contributed by atoms with Gasteiger partial charge in [0.15, 0.2) is 0 Å². The second-order valence-electron chi connectivity index (χ2n) is 3.30. The molecule has 86 valence electrons. The van der Waals surface area contributed by atoms with Crippen LogP contribution in [0, 0.1) is 11.6 Å². The lowest BCUT2D eigenvalue weighted by Crippen LogP contribution is -1.98. The van der Waals surface area contributed by atoms with Crippen molar-refractivity contribution in [2.45, 2.75) is 0 Å². The quantitative estimate of drug-likeness (QED) is 0.592. The van der Waals surface area contributed by atoms with Crippen LogP contribution in [0.15, 0.2) is 29.4 Å². The van der Waals surface area contributed by atoms with E-state index >= 15 is 0 Å². The van der Waals surface area contributed by atoms with Gasteiger partial charge in [-0.15, -0.1) is 0 Å². The summed E-state index contributed by atoms with van der Waals surface area (Å²) in [6, 6.07) is 3.51. The standard InChI is InChI=1S/C11H7F2N3O/c1-16-11(9(5-15-16)14-6-17)10-7(12)3-2-4-8(10)13/h2-5H,1H3. The van der Waals surface area contributed by atoms with E-state index in [1.54, 1.807) is 0 Å². The molecule has 0 bridgehead atoms. The molecular weight excluding hydrogens is 228 g/mol. The fourth-order valence-electron chi connectivity index (χ4n) is 1.57. The molecule has 0 amide bonds. The molecule has 0 radical (unpaired) electrons. The Balaban J connectivity index is 2.76. The average molecular weight is 235 g/mol. The number of aromatic nitrogens is 2. The van der Waals surface area contributed by atoms with Gasteiger partial charge < -0.3 is 0 Å². The molecule has 0 aliphatic heterocycles. The number of aryl methyl sites for hydroxylation is 1. The molecule has 0 atom stereocenters. The second kappa shape index (κ2) is 4.27. The average Bonchev–Trinajstić information content (AvgIpc) is 2.62. The second-order valence-corrected chi connectivity index (χ2v) is 3.30. The van der Waals surface area contributed by atoms with Gasteiger partial charge in [0.1, 0.15) is 23.0 Å². The Labute approximate surface area is 95.2 Å². The van der Waals surface area contributed by atoms with E-state index in [-0.39, 0.29) is 16.9 Å². The zero-order valence-electron chi connectivity index (χ0n) is 8.82. The Morgan fingerprint density at radius 3 is 2.59 bits per heavy atom. The monoisotopic (exact) mass is 235 g/mol. The SMILES string of the molecule is Cn1ncc(N=C=O)c1-c1c(F)cccc1F. The van der Waals surface area contributed by atoms with Crippen molar-refractivity contribution in [3.8, 4) is 11.3 Å². The van der Waals surface area contributed by atoms with Crippen molar-refractivity contribution in [3.05, 3.63) is 36.0 Å². The van der Waals surface area contributed by atoms with Crippen molar-refractivity contribution < 1.29 is 13.6 Å². The Morgan fingerprint density at radius 1 is 1.35 bits per heavy atom. The molecule has 0 fully saturated rings. The molecule has 2 aromatic rings. The maximum absolute atomic E-state index is 13.6. The smallest absolute Gasteiger partial charge is 0.240 e. The summed E-state index contributed by atoms with van der Waals surface area (Å²) < 4.78 is 28.4. The molecule has 0 N–H and O–H groups in total. The molecule has 0 aliphatic rings. The lowest BCUT2D eigenvalue weighted by molar-refractivity contribution is 0.565. The van der Waals surface area contributed by atoms with E-state index in [0.29, 0.717) is 0 Å². The number of halogens is 2. The van der Waals surface area contributed by atoms with Gasteiger partial charge in [-0.05, 0) is 12.1 Å². The van der Waals surface area contributed by atoms with Crippen LogP contribution in [-0.2, 0) is 11.8 Å². The van der Waals surface area contributed by atoms with E-state index in [1.807, 2.05) is 0 Å². The maximum atomic E-state index is 13.6. The third-order valence-electron chi connectivity index (χ3n) is 2.29. The van der Waals surface area contributed by atoms with Gasteiger partial charge in [-0.1, -0.05) is 6.07 Å². The van der Waals surface area contributed by atoms with Gasteiger partial charge in [0.25, 0.3) is 0 Å². The van der Waals surface area contributed by atoms with Crippen molar-refractivity contribution in [2.75, 3.05) is 0 Å². The molecule has 1 heterocycles. The van der Waals surface area contributed by atoms with Crippen LogP contribution in [0.3, 0.4) is 0 Å². The van der Waals surface area contributed by atoms with E-state index < -0.39 is 11.6 Å². The van der Waals surface area contributed by atoms with Crippen LogP contribution < -0.4 is 0 Å². The summed E-state index contributed by atoms with van der Waals surface area (Å²) in [6.45, 7) is 0. The van der Waals surface area contributed by atoms with Crippen LogP contribution in [0.25, 0.3) is 11.3 Å². The van der Waals surface area contributed by atoms with Gasteiger partial charge in [0.2, 0.25) is 6.08 Å². The van der Waals surface area contributed by atoms with Crippen LogP contribution >= 0.6 is 0 Å². The number of rotatable bonds is 2. The fourth-order valence-corrected chi connectivity index (χ4v) is 1.57. The zero-order chi connectivity index (χ0) is 12.4. The Hall–Kier alpha value is -2.33. The number of hydrogen-bond donors (Lipinski definition) is 0. The van der Waals surface area contributed by atoms with Gasteiger partial charge in [0.05, 0.1) is 11.8 Å². The van der Waals surface area contributed by atoms with Crippen LogP contribution in [0.1, 0.15) is 0 Å². The summed E-state index contributed by atoms with van der Waals surface area (Å²) in [5.74, 6) is -1.48. The molecule has 0 aliphatic carbocycles. The van der Waals surface area contributed by atoms with E-state index in [0.717, 1.165) is 12.1 Å². The molecular formula is C11H7F2N3O. The summed E-state index contributed by atoms with van der Waals surface area (Å²) in [5.41, 5.74) is -0.0862. The van der Waals surface area contributed by atoms with Crippen molar-refractivity contribution >= 4 is 11.8 Å². The van der Waals surface area contributed by atoms with Gasteiger partial charge >= 0.3 is 0 Å². The maximum Gasteiger partial charge on any atom is 0.240 e. The van der Waals surface area contributed by atoms with E-state index in [4.69, 9.17) is 0 Å². The minimum atomic E-state index is -0.740. The first-order valence-electron chi connectivity index (χ1n) is 4.69. The number of benzene rings is 1. The van der Waals surface area contributed by atoms with Crippen molar-refractivity contribution in [1.29, 1.82) is 0 Å².